The summed E-state index contributed by atoms with van der Waals surface area (Å²) in [6, 6.07) is 1.75. The van der Waals surface area contributed by atoms with Crippen LogP contribution in [0.2, 0.25) is 5.02 Å². The van der Waals surface area contributed by atoms with Crippen molar-refractivity contribution in [1.82, 2.24) is 4.98 Å². The molecule has 16 heavy (non-hydrogen) atoms. The lowest BCUT2D eigenvalue weighted by molar-refractivity contribution is 0.0635. The Kier molecular flexibility index (Phi) is 4.37. The Bertz CT molecular complexity index is 404. The molecule has 0 aliphatic carbocycles. The van der Waals surface area contributed by atoms with Crippen molar-refractivity contribution in [3.63, 3.8) is 0 Å². The number of hydrogen-bond donors (Lipinski definition) is 1. The number of nitrogens with zero attached hydrogens (tertiary/aromatic N) is 1. The molecule has 88 valence electrons. The maximum Gasteiger partial charge on any atom is 0.413 e. The summed E-state index contributed by atoms with van der Waals surface area (Å²) in [6.45, 7) is 5.36. The van der Waals surface area contributed by atoms with E-state index in [1.807, 2.05) is 0 Å². The topological polar surface area (TPSA) is 51.2 Å². The van der Waals surface area contributed by atoms with Gasteiger partial charge in [0, 0.05) is 9.77 Å². The fourth-order valence-electron chi connectivity index (χ4n) is 0.908. The second kappa shape index (κ2) is 5.18. The molecular formula is C10H12ClIN2O2. The number of pyridine rings is 1. The van der Waals surface area contributed by atoms with E-state index in [4.69, 9.17) is 16.3 Å². The lowest BCUT2D eigenvalue weighted by Gasteiger charge is -2.19. The highest BCUT2D eigenvalue weighted by molar-refractivity contribution is 14.1. The molecule has 4 nitrogen and oxygen atoms in total. The van der Waals surface area contributed by atoms with E-state index in [0.29, 0.717) is 10.8 Å². The van der Waals surface area contributed by atoms with Gasteiger partial charge in [0.25, 0.3) is 0 Å². The van der Waals surface area contributed by atoms with E-state index in [9.17, 15) is 4.79 Å². The third-order valence-corrected chi connectivity index (χ3v) is 3.06. The fraction of sp³-hybridized carbons (Fsp3) is 0.400. The van der Waals surface area contributed by atoms with Crippen LogP contribution in [-0.2, 0) is 4.74 Å². The predicted octanol–water partition coefficient (Wildman–Crippen LogP) is 3.69. The minimum Gasteiger partial charge on any atom is -0.444 e. The number of carbonyl (C=O) groups excluding carboxylic acids is 1. The molecule has 0 aliphatic rings. The molecule has 0 spiro atoms. The van der Waals surface area contributed by atoms with Gasteiger partial charge in [0.15, 0.2) is 5.82 Å². The molecule has 6 heteroatoms. The van der Waals surface area contributed by atoms with Gasteiger partial charge in [-0.25, -0.2) is 9.78 Å². The number of carbonyl (C=O) groups is 1. The normalized spacial score (nSPS) is 11.1. The smallest absolute Gasteiger partial charge is 0.413 e. The zero-order chi connectivity index (χ0) is 12.3. The number of hydrogen-bond acceptors (Lipinski definition) is 3. The summed E-state index contributed by atoms with van der Waals surface area (Å²) in [5.74, 6) is 0.308. The predicted molar refractivity (Wildman–Crippen MR) is 71.8 cm³/mol. The molecule has 1 aromatic rings. The zero-order valence-electron chi connectivity index (χ0n) is 9.17. The number of rotatable bonds is 1. The van der Waals surface area contributed by atoms with Gasteiger partial charge in [-0.1, -0.05) is 11.6 Å². The van der Waals surface area contributed by atoms with E-state index in [1.54, 1.807) is 33.0 Å². The summed E-state index contributed by atoms with van der Waals surface area (Å²) in [5.41, 5.74) is -0.543. The van der Waals surface area contributed by atoms with Crippen LogP contribution >= 0.6 is 34.2 Å². The van der Waals surface area contributed by atoms with Crippen molar-refractivity contribution in [2.24, 2.45) is 0 Å². The van der Waals surface area contributed by atoms with Gasteiger partial charge < -0.3 is 4.74 Å². The Balaban J connectivity index is 2.74. The molecule has 1 rings (SSSR count). The first-order valence-electron chi connectivity index (χ1n) is 4.59. The number of nitrogens with one attached hydrogen (secondary N) is 1. The van der Waals surface area contributed by atoms with Crippen LogP contribution in [0.4, 0.5) is 10.6 Å². The first-order valence-corrected chi connectivity index (χ1v) is 6.05. The van der Waals surface area contributed by atoms with E-state index in [2.05, 4.69) is 32.9 Å². The highest BCUT2D eigenvalue weighted by atomic mass is 127. The Hall–Kier alpha value is -0.560. The van der Waals surface area contributed by atoms with Gasteiger partial charge in [-0.2, -0.15) is 0 Å². The summed E-state index contributed by atoms with van der Waals surface area (Å²) < 4.78 is 5.91. The minimum absolute atomic E-state index is 0.308. The van der Waals surface area contributed by atoms with Gasteiger partial charge in [0.2, 0.25) is 0 Å². The van der Waals surface area contributed by atoms with Gasteiger partial charge in [-0.05, 0) is 49.4 Å². The largest absolute Gasteiger partial charge is 0.444 e. The van der Waals surface area contributed by atoms with Crippen LogP contribution in [0.5, 0.6) is 0 Å². The van der Waals surface area contributed by atoms with E-state index < -0.39 is 11.7 Å². The van der Waals surface area contributed by atoms with Crippen molar-refractivity contribution in [1.29, 1.82) is 0 Å². The second-order valence-corrected chi connectivity index (χ2v) is 5.62. The molecule has 0 saturated heterocycles. The van der Waals surface area contributed by atoms with Crippen LogP contribution < -0.4 is 5.32 Å². The highest BCUT2D eigenvalue weighted by Crippen LogP contribution is 2.25. The Labute approximate surface area is 113 Å². The van der Waals surface area contributed by atoms with E-state index >= 15 is 0 Å². The molecule has 1 aromatic heterocycles. The number of ether oxygens (including phenoxy) is 1. The quantitative estimate of drug-likeness (QED) is 0.783. The number of anilines is 1. The van der Waals surface area contributed by atoms with Gasteiger partial charge in [0.1, 0.15) is 5.60 Å². The van der Waals surface area contributed by atoms with Gasteiger partial charge in [-0.15, -0.1) is 0 Å². The summed E-state index contributed by atoms with van der Waals surface area (Å²) in [4.78, 5) is 15.4. The van der Waals surface area contributed by atoms with Crippen molar-refractivity contribution in [3.8, 4) is 0 Å². The molecule has 1 heterocycles. The molecule has 0 unspecified atom stereocenters. The maximum absolute atomic E-state index is 11.5. The average Bonchev–Trinajstić information content (AvgIpc) is 2.09. The van der Waals surface area contributed by atoms with Gasteiger partial charge in [-0.3, -0.25) is 5.32 Å². The summed E-state index contributed by atoms with van der Waals surface area (Å²) >= 11 is 8.03. The fourth-order valence-corrected chi connectivity index (χ4v) is 1.48. The van der Waals surface area contributed by atoms with Crippen molar-refractivity contribution in [2.75, 3.05) is 5.32 Å². The monoisotopic (exact) mass is 354 g/mol. The molecular weight excluding hydrogens is 342 g/mol. The summed E-state index contributed by atoms with van der Waals surface area (Å²) in [5, 5.41) is 2.91. The van der Waals surface area contributed by atoms with E-state index in [-0.39, 0.29) is 0 Å². The zero-order valence-corrected chi connectivity index (χ0v) is 12.1. The first kappa shape index (κ1) is 13.5. The van der Waals surface area contributed by atoms with E-state index in [0.717, 1.165) is 3.57 Å². The molecule has 1 amide bonds. The van der Waals surface area contributed by atoms with Crippen molar-refractivity contribution in [2.45, 2.75) is 26.4 Å². The maximum atomic E-state index is 11.5. The molecule has 0 fully saturated rings. The molecule has 0 radical (unpaired) electrons. The Morgan fingerprint density at radius 3 is 2.75 bits per heavy atom. The molecule has 0 bridgehead atoms. The summed E-state index contributed by atoms with van der Waals surface area (Å²) in [7, 11) is 0. The van der Waals surface area contributed by atoms with Crippen LogP contribution in [0.25, 0.3) is 0 Å². The van der Waals surface area contributed by atoms with Crippen LogP contribution in [0, 0.1) is 3.57 Å². The number of halogens is 2. The highest BCUT2D eigenvalue weighted by Gasteiger charge is 2.17. The molecule has 1 N–H and O–H groups in total. The molecule has 0 aromatic carbocycles. The van der Waals surface area contributed by atoms with Crippen molar-refractivity contribution >= 4 is 46.1 Å². The van der Waals surface area contributed by atoms with Gasteiger partial charge in [0.05, 0.1) is 5.02 Å². The number of amides is 1. The standard InChI is InChI=1S/C10H12ClIN2O2/c1-10(2,3)16-9(15)14-8-7(11)6(12)4-5-13-8/h4-5H,1-3H3,(H,13,14,15). The molecule has 0 atom stereocenters. The second-order valence-electron chi connectivity index (χ2n) is 4.08. The third kappa shape index (κ3) is 4.13. The van der Waals surface area contributed by atoms with Crippen LogP contribution in [-0.4, -0.2) is 16.7 Å². The molecule has 0 saturated carbocycles. The first-order chi connectivity index (χ1) is 7.29. The SMILES string of the molecule is CC(C)(C)OC(=O)Nc1nccc(I)c1Cl. The van der Waals surface area contributed by atoms with Gasteiger partial charge >= 0.3 is 6.09 Å². The van der Waals surface area contributed by atoms with Crippen molar-refractivity contribution < 1.29 is 9.53 Å². The summed E-state index contributed by atoms with van der Waals surface area (Å²) in [6.07, 6.45) is 1.00. The lowest BCUT2D eigenvalue weighted by Crippen LogP contribution is -2.27. The Morgan fingerprint density at radius 2 is 2.19 bits per heavy atom. The van der Waals surface area contributed by atoms with Crippen LogP contribution in [0.1, 0.15) is 20.8 Å². The van der Waals surface area contributed by atoms with Crippen molar-refractivity contribution in [3.05, 3.63) is 20.9 Å². The number of aromatic nitrogens is 1. The minimum atomic E-state index is -0.566. The third-order valence-electron chi connectivity index (χ3n) is 1.46. The molecule has 0 aliphatic heterocycles. The van der Waals surface area contributed by atoms with E-state index in [1.165, 1.54) is 0 Å². The Morgan fingerprint density at radius 1 is 1.56 bits per heavy atom. The lowest BCUT2D eigenvalue weighted by atomic mass is 10.2. The van der Waals surface area contributed by atoms with Crippen LogP contribution in [0.15, 0.2) is 12.3 Å². The average molecular weight is 355 g/mol. The van der Waals surface area contributed by atoms with Crippen LogP contribution in [0.3, 0.4) is 0 Å².